The molecule has 198 valence electrons. The number of aliphatic hydroxyl groups is 1. The quantitative estimate of drug-likeness (QED) is 0.191. The fourth-order valence-corrected chi connectivity index (χ4v) is 4.10. The van der Waals surface area contributed by atoms with E-state index in [9.17, 15) is 19.5 Å². The predicted octanol–water partition coefficient (Wildman–Crippen LogP) is 3.41. The first kappa shape index (κ1) is 25.9. The van der Waals surface area contributed by atoms with E-state index in [0.29, 0.717) is 12.1 Å². The summed E-state index contributed by atoms with van der Waals surface area (Å²) < 4.78 is 22.6. The first-order valence-corrected chi connectivity index (χ1v) is 12.4. The number of nitrogens with one attached hydrogen (secondary N) is 1. The lowest BCUT2D eigenvalue weighted by Crippen LogP contribution is -2.32. The van der Waals surface area contributed by atoms with E-state index >= 15 is 0 Å². The summed E-state index contributed by atoms with van der Waals surface area (Å²) in [5.41, 5.74) is 0.941. The third-order valence-corrected chi connectivity index (χ3v) is 5.98. The molecule has 5 rings (SSSR count). The van der Waals surface area contributed by atoms with E-state index in [0.717, 1.165) is 18.6 Å². The van der Waals surface area contributed by atoms with Gasteiger partial charge in [-0.1, -0.05) is 60.7 Å². The topological polar surface area (TPSA) is 124 Å². The van der Waals surface area contributed by atoms with Gasteiger partial charge in [-0.3, -0.25) is 4.79 Å². The normalized spacial score (nSPS) is 14.5. The third-order valence-electron chi connectivity index (χ3n) is 5.98. The molecule has 1 unspecified atom stereocenters. The van der Waals surface area contributed by atoms with Gasteiger partial charge in [-0.05, 0) is 30.7 Å². The van der Waals surface area contributed by atoms with E-state index in [-0.39, 0.29) is 47.1 Å². The van der Waals surface area contributed by atoms with Crippen LogP contribution >= 0.6 is 0 Å². The summed E-state index contributed by atoms with van der Waals surface area (Å²) in [7, 11) is 0. The highest BCUT2D eigenvalue weighted by Gasteiger charge is 2.26. The summed E-state index contributed by atoms with van der Waals surface area (Å²) in [4.78, 5) is 38.1. The minimum absolute atomic E-state index is 0.00637. The van der Waals surface area contributed by atoms with Gasteiger partial charge in [0.05, 0.1) is 0 Å². The second kappa shape index (κ2) is 11.8. The Balaban J connectivity index is 1.43. The van der Waals surface area contributed by atoms with Crippen molar-refractivity contribution in [1.82, 2.24) is 5.32 Å². The molecule has 39 heavy (non-hydrogen) atoms. The van der Waals surface area contributed by atoms with E-state index in [4.69, 9.17) is 18.6 Å². The molecule has 0 radical (unpaired) electrons. The fraction of sp³-hybridized carbons (Fsp3) is 0.167. The molecular formula is C30H25NO8. The number of benzene rings is 3. The molecule has 4 aromatic rings. The number of hydrogen-bond donors (Lipinski definition) is 2. The van der Waals surface area contributed by atoms with Gasteiger partial charge in [0.15, 0.2) is 17.1 Å². The molecule has 1 atom stereocenters. The van der Waals surface area contributed by atoms with Crippen LogP contribution in [0, 0.1) is 0 Å². The smallest absolute Gasteiger partial charge is 0.336 e. The molecule has 3 aromatic carbocycles. The Labute approximate surface area is 223 Å². The van der Waals surface area contributed by atoms with Crippen molar-refractivity contribution in [3.05, 3.63) is 101 Å². The van der Waals surface area contributed by atoms with Crippen LogP contribution in [0.15, 0.2) is 94.2 Å². The predicted molar refractivity (Wildman–Crippen MR) is 143 cm³/mol. The monoisotopic (exact) mass is 527 g/mol. The highest BCUT2D eigenvalue weighted by molar-refractivity contribution is 5.98. The van der Waals surface area contributed by atoms with Crippen molar-refractivity contribution in [2.45, 2.75) is 12.5 Å². The number of carbonyl (C=O) groups excluding carboxylic acids is 2. The molecule has 9 heteroatoms. The number of esters is 2. The van der Waals surface area contributed by atoms with E-state index in [1.54, 1.807) is 30.3 Å². The van der Waals surface area contributed by atoms with E-state index < -0.39 is 23.5 Å². The van der Waals surface area contributed by atoms with Gasteiger partial charge in [0.2, 0.25) is 11.2 Å². The average Bonchev–Trinajstić information content (AvgIpc) is 2.95. The first-order valence-electron chi connectivity index (χ1n) is 12.4. The van der Waals surface area contributed by atoms with Gasteiger partial charge in [0.1, 0.15) is 23.8 Å². The van der Waals surface area contributed by atoms with Crippen molar-refractivity contribution in [3.63, 3.8) is 0 Å². The summed E-state index contributed by atoms with van der Waals surface area (Å²) in [5.74, 6) is -2.08. The maximum Gasteiger partial charge on any atom is 0.336 e. The fourth-order valence-electron chi connectivity index (χ4n) is 4.10. The summed E-state index contributed by atoms with van der Waals surface area (Å²) >= 11 is 0. The van der Waals surface area contributed by atoms with Gasteiger partial charge < -0.3 is 29.1 Å². The van der Waals surface area contributed by atoms with E-state index in [1.165, 1.54) is 17.7 Å². The zero-order valence-electron chi connectivity index (χ0n) is 20.8. The van der Waals surface area contributed by atoms with Crippen LogP contribution in [-0.4, -0.2) is 42.8 Å². The average molecular weight is 528 g/mol. The molecule has 1 aliphatic heterocycles. The minimum atomic E-state index is -0.936. The van der Waals surface area contributed by atoms with Crippen LogP contribution in [0.1, 0.15) is 5.56 Å². The largest absolute Gasteiger partial charge is 0.487 e. The van der Waals surface area contributed by atoms with Crippen molar-refractivity contribution in [3.8, 4) is 28.6 Å². The molecule has 0 spiro atoms. The molecule has 0 aliphatic carbocycles. The van der Waals surface area contributed by atoms with Crippen LogP contribution in [0.2, 0.25) is 0 Å². The molecule has 0 saturated heterocycles. The number of carbonyl (C=O) groups is 2. The number of rotatable bonds is 9. The molecule has 2 bridgehead atoms. The Kier molecular flexibility index (Phi) is 7.81. The van der Waals surface area contributed by atoms with Crippen LogP contribution < -0.4 is 25.0 Å². The summed E-state index contributed by atoms with van der Waals surface area (Å²) in [6, 6.07) is 21.5. The molecule has 0 fully saturated rings. The lowest BCUT2D eigenvalue weighted by molar-refractivity contribution is -0.131. The Bertz CT molecular complexity index is 1580. The third kappa shape index (κ3) is 6.06. The highest BCUT2D eigenvalue weighted by atomic mass is 16.6. The Morgan fingerprint density at radius 3 is 2.28 bits per heavy atom. The van der Waals surface area contributed by atoms with Crippen molar-refractivity contribution in [2.24, 2.45) is 0 Å². The summed E-state index contributed by atoms with van der Waals surface area (Å²) in [6.07, 6.45) is 1.74. The van der Waals surface area contributed by atoms with Gasteiger partial charge in [0, 0.05) is 24.3 Å². The van der Waals surface area contributed by atoms with Gasteiger partial charge in [0.25, 0.3) is 0 Å². The molecule has 0 saturated carbocycles. The van der Waals surface area contributed by atoms with Gasteiger partial charge in [-0.2, -0.15) is 0 Å². The second-order valence-electron chi connectivity index (χ2n) is 8.80. The van der Waals surface area contributed by atoms with Crippen molar-refractivity contribution >= 4 is 22.9 Å². The Morgan fingerprint density at radius 1 is 0.846 bits per heavy atom. The van der Waals surface area contributed by atoms with Crippen LogP contribution in [0.4, 0.5) is 0 Å². The van der Waals surface area contributed by atoms with Crippen LogP contribution in [0.25, 0.3) is 22.3 Å². The SMILES string of the molecule is O=C1/C=C\C(=O)Oc2ccc(OCC(O)CNCCc3ccccc3)c3oc(-c4ccccc4)c(c(=O)c23)O1. The number of fused-ring (bicyclic) bond motifs is 1. The van der Waals surface area contributed by atoms with Gasteiger partial charge >= 0.3 is 11.9 Å². The highest BCUT2D eigenvalue weighted by Crippen LogP contribution is 2.38. The van der Waals surface area contributed by atoms with Crippen molar-refractivity contribution < 1.29 is 33.3 Å². The van der Waals surface area contributed by atoms with Crippen LogP contribution in [0.5, 0.6) is 17.2 Å². The molecule has 1 aliphatic rings. The molecule has 9 nitrogen and oxygen atoms in total. The lowest BCUT2D eigenvalue weighted by atomic mass is 10.1. The van der Waals surface area contributed by atoms with Crippen LogP contribution in [0.3, 0.4) is 0 Å². The van der Waals surface area contributed by atoms with Crippen LogP contribution in [-0.2, 0) is 16.0 Å². The number of ether oxygens (including phenoxy) is 3. The summed E-state index contributed by atoms with van der Waals surface area (Å²) in [6.45, 7) is 0.859. The van der Waals surface area contributed by atoms with Crippen molar-refractivity contribution in [1.29, 1.82) is 0 Å². The number of hydrogen-bond acceptors (Lipinski definition) is 9. The Morgan fingerprint density at radius 2 is 1.54 bits per heavy atom. The second-order valence-corrected chi connectivity index (χ2v) is 8.80. The van der Waals surface area contributed by atoms with E-state index in [2.05, 4.69) is 5.32 Å². The maximum absolute atomic E-state index is 13.6. The molecule has 2 heterocycles. The molecular weight excluding hydrogens is 502 g/mol. The van der Waals surface area contributed by atoms with Gasteiger partial charge in [-0.15, -0.1) is 0 Å². The van der Waals surface area contributed by atoms with Gasteiger partial charge in [-0.25, -0.2) is 9.59 Å². The minimum Gasteiger partial charge on any atom is -0.487 e. The molecule has 2 N–H and O–H groups in total. The molecule has 0 amide bonds. The first-order chi connectivity index (χ1) is 19.0. The number of aliphatic hydroxyl groups excluding tert-OH is 1. The lowest BCUT2D eigenvalue weighted by Gasteiger charge is -2.17. The maximum atomic E-state index is 13.6. The van der Waals surface area contributed by atoms with E-state index in [1.807, 2.05) is 30.3 Å². The Hall–Kier alpha value is -4.73. The summed E-state index contributed by atoms with van der Waals surface area (Å²) in [5, 5.41) is 13.5. The molecule has 1 aromatic heterocycles. The standard InChI is InChI=1S/C30H25NO8/c32-21(17-31-16-15-19-7-3-1-4-8-19)18-36-23-12-11-22-26-27(35)30(38-25(34)14-13-24(33)37-22)28(39-29(23)26)20-9-5-2-6-10-20/h1-14,21,31-32H,15-18H2/b14-13-. The zero-order chi connectivity index (χ0) is 27.2. The zero-order valence-corrected chi connectivity index (χ0v) is 20.8. The van der Waals surface area contributed by atoms with Crippen molar-refractivity contribution in [2.75, 3.05) is 19.7 Å².